The Bertz CT molecular complexity index is 727. The number of hydrogen-bond acceptors (Lipinski definition) is 9. The van der Waals surface area contributed by atoms with Crippen LogP contribution in [0.15, 0.2) is 0 Å². The molecule has 0 aliphatic heterocycles. The van der Waals surface area contributed by atoms with Gasteiger partial charge in [-0.2, -0.15) is 0 Å². The highest BCUT2D eigenvalue weighted by atomic mass is 16.4. The van der Waals surface area contributed by atoms with Crippen molar-refractivity contribution in [2.45, 2.75) is 69.5 Å². The molecule has 12 N–H and O–H groups in total. The number of nitrogens with one attached hydrogen (secondary N) is 3. The molecular formula is C17H30N6O9. The van der Waals surface area contributed by atoms with E-state index in [-0.39, 0.29) is 12.8 Å². The zero-order valence-electron chi connectivity index (χ0n) is 17.6. The molecule has 6 atom stereocenters. The number of carbonyl (C=O) groups is 6. The highest BCUT2D eigenvalue weighted by Gasteiger charge is 2.33. The first-order valence-electron chi connectivity index (χ1n) is 9.49. The highest BCUT2D eigenvalue weighted by Crippen LogP contribution is 2.03. The third kappa shape index (κ3) is 10.1. The number of primary amides is 2. The molecule has 15 heteroatoms. The van der Waals surface area contributed by atoms with Crippen LogP contribution in [0.1, 0.15) is 33.1 Å². The molecule has 0 aromatic rings. The molecule has 0 bridgehead atoms. The van der Waals surface area contributed by atoms with Gasteiger partial charge in [0, 0.05) is 6.42 Å². The number of aliphatic carboxylic acids is 1. The normalized spacial score (nSPS) is 16.4. The van der Waals surface area contributed by atoms with Crippen LogP contribution in [0.4, 0.5) is 0 Å². The van der Waals surface area contributed by atoms with Gasteiger partial charge in [-0.3, -0.25) is 24.0 Å². The molecule has 0 aromatic heterocycles. The van der Waals surface area contributed by atoms with E-state index in [1.165, 1.54) is 6.92 Å². The Morgan fingerprint density at radius 2 is 1.28 bits per heavy atom. The lowest BCUT2D eigenvalue weighted by Crippen LogP contribution is -2.59. The van der Waals surface area contributed by atoms with Gasteiger partial charge in [-0.1, -0.05) is 0 Å². The van der Waals surface area contributed by atoms with Crippen molar-refractivity contribution in [2.24, 2.45) is 17.2 Å². The molecule has 0 fully saturated rings. The van der Waals surface area contributed by atoms with Crippen molar-refractivity contribution < 1.29 is 44.1 Å². The Hall–Kier alpha value is -3.30. The third-order valence-electron chi connectivity index (χ3n) is 4.22. The van der Waals surface area contributed by atoms with Crippen molar-refractivity contribution in [3.63, 3.8) is 0 Å². The second-order valence-electron chi connectivity index (χ2n) is 7.13. The van der Waals surface area contributed by atoms with E-state index in [0.717, 1.165) is 6.92 Å². The van der Waals surface area contributed by atoms with Crippen LogP contribution in [-0.4, -0.2) is 87.2 Å². The van der Waals surface area contributed by atoms with Crippen molar-refractivity contribution >= 4 is 35.5 Å². The number of rotatable bonds is 14. The topological polar surface area (TPSA) is 277 Å². The van der Waals surface area contributed by atoms with Crippen molar-refractivity contribution in [1.82, 2.24) is 16.0 Å². The van der Waals surface area contributed by atoms with Crippen LogP contribution in [0.2, 0.25) is 0 Å². The molecule has 32 heavy (non-hydrogen) atoms. The highest BCUT2D eigenvalue weighted by molar-refractivity contribution is 5.96. The van der Waals surface area contributed by atoms with Gasteiger partial charge in [-0.25, -0.2) is 4.79 Å². The van der Waals surface area contributed by atoms with Gasteiger partial charge in [0.25, 0.3) is 0 Å². The SMILES string of the molecule is CC(O)C(N)C(=O)NC(CCC(N)=O)C(=O)NC(CC(N)=O)C(=O)NC(C(=O)O)C(C)O. The number of hydrogen-bond donors (Lipinski definition) is 9. The van der Waals surface area contributed by atoms with E-state index in [2.05, 4.69) is 10.6 Å². The summed E-state index contributed by atoms with van der Waals surface area (Å²) in [5, 5.41) is 34.3. The van der Waals surface area contributed by atoms with Gasteiger partial charge in [-0.15, -0.1) is 0 Å². The molecule has 182 valence electrons. The first kappa shape index (κ1) is 28.7. The molecule has 0 heterocycles. The van der Waals surface area contributed by atoms with Crippen LogP contribution < -0.4 is 33.2 Å². The summed E-state index contributed by atoms with van der Waals surface area (Å²) in [6.07, 6.45) is -4.18. The lowest BCUT2D eigenvalue weighted by Gasteiger charge is -2.25. The van der Waals surface area contributed by atoms with Crippen molar-refractivity contribution in [2.75, 3.05) is 0 Å². The van der Waals surface area contributed by atoms with E-state index in [9.17, 15) is 39.0 Å². The van der Waals surface area contributed by atoms with Crippen LogP contribution in [0.5, 0.6) is 0 Å². The quantitative estimate of drug-likeness (QED) is 0.118. The number of carbonyl (C=O) groups excluding carboxylic acids is 5. The Morgan fingerprint density at radius 1 is 0.781 bits per heavy atom. The summed E-state index contributed by atoms with van der Waals surface area (Å²) >= 11 is 0. The van der Waals surface area contributed by atoms with Gasteiger partial charge >= 0.3 is 5.97 Å². The van der Waals surface area contributed by atoms with Crippen molar-refractivity contribution in [1.29, 1.82) is 0 Å². The minimum absolute atomic E-state index is 0.310. The molecule has 0 radical (unpaired) electrons. The smallest absolute Gasteiger partial charge is 0.328 e. The molecular weight excluding hydrogens is 432 g/mol. The van der Waals surface area contributed by atoms with E-state index in [0.29, 0.717) is 0 Å². The minimum atomic E-state index is -1.75. The molecule has 0 saturated heterocycles. The molecule has 0 aliphatic rings. The largest absolute Gasteiger partial charge is 0.480 e. The Morgan fingerprint density at radius 3 is 1.69 bits per heavy atom. The Labute approximate surface area is 183 Å². The fourth-order valence-corrected chi connectivity index (χ4v) is 2.37. The van der Waals surface area contributed by atoms with Gasteiger partial charge < -0.3 is 48.5 Å². The summed E-state index contributed by atoms with van der Waals surface area (Å²) in [7, 11) is 0. The number of amides is 5. The van der Waals surface area contributed by atoms with Gasteiger partial charge in [0.15, 0.2) is 6.04 Å². The molecule has 0 aromatic carbocycles. The lowest BCUT2D eigenvalue weighted by molar-refractivity contribution is -0.145. The fraction of sp³-hybridized carbons (Fsp3) is 0.647. The Kier molecular flexibility index (Phi) is 11.8. The summed E-state index contributed by atoms with van der Waals surface area (Å²) in [5.74, 6) is -6.53. The summed E-state index contributed by atoms with van der Waals surface area (Å²) in [6.45, 7) is 2.33. The van der Waals surface area contributed by atoms with Gasteiger partial charge in [0.1, 0.15) is 18.1 Å². The lowest BCUT2D eigenvalue weighted by atomic mass is 10.1. The van der Waals surface area contributed by atoms with E-state index in [1.54, 1.807) is 0 Å². The van der Waals surface area contributed by atoms with Crippen LogP contribution in [0.25, 0.3) is 0 Å². The minimum Gasteiger partial charge on any atom is -0.480 e. The standard InChI is InChI=1S/C17H30N6O9/c1-6(24)12(20)16(30)21-8(3-4-10(18)26)14(28)22-9(5-11(19)27)15(29)23-13(7(2)25)17(31)32/h6-9,12-13,24-25H,3-5,20H2,1-2H3,(H2,18,26)(H2,19,27)(H,21,30)(H,22,28)(H,23,29)(H,31,32). The maximum Gasteiger partial charge on any atom is 0.328 e. The predicted molar refractivity (Wildman–Crippen MR) is 107 cm³/mol. The number of carboxylic acid groups (broad SMARTS) is 1. The maximum atomic E-state index is 12.7. The summed E-state index contributed by atoms with van der Waals surface area (Å²) in [5.41, 5.74) is 15.6. The van der Waals surface area contributed by atoms with Crippen LogP contribution in [-0.2, 0) is 28.8 Å². The molecule has 0 saturated carbocycles. The average molecular weight is 462 g/mol. The number of aliphatic hydroxyl groups excluding tert-OH is 2. The van der Waals surface area contributed by atoms with E-state index in [4.69, 9.17) is 22.3 Å². The van der Waals surface area contributed by atoms with Crippen LogP contribution in [0, 0.1) is 0 Å². The molecule has 5 amide bonds. The summed E-state index contributed by atoms with van der Waals surface area (Å²) in [4.78, 5) is 70.7. The van der Waals surface area contributed by atoms with E-state index < -0.39 is 78.3 Å². The van der Waals surface area contributed by atoms with Gasteiger partial charge in [-0.05, 0) is 20.3 Å². The maximum absolute atomic E-state index is 12.7. The van der Waals surface area contributed by atoms with Crippen molar-refractivity contribution in [3.8, 4) is 0 Å². The zero-order valence-corrected chi connectivity index (χ0v) is 17.6. The van der Waals surface area contributed by atoms with Crippen molar-refractivity contribution in [3.05, 3.63) is 0 Å². The van der Waals surface area contributed by atoms with Crippen LogP contribution in [0.3, 0.4) is 0 Å². The van der Waals surface area contributed by atoms with Gasteiger partial charge in [0.05, 0.1) is 18.6 Å². The summed E-state index contributed by atoms with van der Waals surface area (Å²) in [6, 6.07) is -6.27. The average Bonchev–Trinajstić information content (AvgIpc) is 2.66. The first-order chi connectivity index (χ1) is 14.7. The monoisotopic (exact) mass is 462 g/mol. The first-order valence-corrected chi connectivity index (χ1v) is 9.49. The predicted octanol–water partition coefficient (Wildman–Crippen LogP) is -5.24. The molecule has 15 nitrogen and oxygen atoms in total. The number of aliphatic hydroxyl groups is 2. The molecule has 0 rings (SSSR count). The van der Waals surface area contributed by atoms with E-state index in [1.807, 2.05) is 5.32 Å². The number of nitrogens with two attached hydrogens (primary N) is 3. The molecule has 0 aliphatic carbocycles. The zero-order chi connectivity index (χ0) is 25.2. The number of carboxylic acids is 1. The second kappa shape index (κ2) is 13.2. The molecule has 6 unspecified atom stereocenters. The third-order valence-corrected chi connectivity index (χ3v) is 4.22. The van der Waals surface area contributed by atoms with Gasteiger partial charge in [0.2, 0.25) is 29.5 Å². The Balaban J connectivity index is 5.59. The fourth-order valence-electron chi connectivity index (χ4n) is 2.37. The summed E-state index contributed by atoms with van der Waals surface area (Å²) < 4.78 is 0. The van der Waals surface area contributed by atoms with E-state index >= 15 is 0 Å². The molecule has 0 spiro atoms. The van der Waals surface area contributed by atoms with Crippen LogP contribution >= 0.6 is 0 Å². The second-order valence-corrected chi connectivity index (χ2v) is 7.13.